The number of fused-ring (bicyclic) bond motifs is 3. The zero-order valence-electron chi connectivity index (χ0n) is 11.3. The minimum Gasteiger partial charge on any atom is -0.464 e. The number of furan rings is 1. The fourth-order valence-electron chi connectivity index (χ4n) is 4.24. The summed E-state index contributed by atoms with van der Waals surface area (Å²) in [6.45, 7) is 2.31. The number of nitrogens with zero attached hydrogens (tertiary/aromatic N) is 1. The Bertz CT molecular complexity index is 591. The van der Waals surface area contributed by atoms with Gasteiger partial charge in [0.1, 0.15) is 11.4 Å². The fourth-order valence-corrected chi connectivity index (χ4v) is 4.24. The van der Waals surface area contributed by atoms with Crippen LogP contribution in [0.2, 0.25) is 0 Å². The van der Waals surface area contributed by atoms with Gasteiger partial charge in [-0.25, -0.2) is 4.98 Å². The molecule has 0 aliphatic heterocycles. The first kappa shape index (κ1) is 11.3. The molecule has 2 bridgehead atoms. The Balaban J connectivity index is 1.56. The summed E-state index contributed by atoms with van der Waals surface area (Å²) < 4.78 is 5.43. The van der Waals surface area contributed by atoms with Gasteiger partial charge in [0.2, 0.25) is 0 Å². The highest BCUT2D eigenvalue weighted by atomic mass is 16.3. The van der Waals surface area contributed by atoms with E-state index < -0.39 is 0 Å². The highest BCUT2D eigenvalue weighted by Crippen LogP contribution is 2.49. The molecule has 0 spiro atoms. The second-order valence-corrected chi connectivity index (χ2v) is 6.26. The van der Waals surface area contributed by atoms with Gasteiger partial charge in [0.05, 0.1) is 11.6 Å². The van der Waals surface area contributed by atoms with Crippen molar-refractivity contribution < 1.29 is 4.42 Å². The van der Waals surface area contributed by atoms with E-state index in [1.807, 2.05) is 18.3 Å². The van der Waals surface area contributed by atoms with Crippen molar-refractivity contribution in [1.82, 2.24) is 4.98 Å². The Morgan fingerprint density at radius 1 is 1.32 bits per heavy atom. The first-order valence-electron chi connectivity index (χ1n) is 7.40. The lowest BCUT2D eigenvalue weighted by Gasteiger charge is -2.29. The van der Waals surface area contributed by atoms with Crippen LogP contribution in [0.15, 0.2) is 29.0 Å². The number of hydrogen-bond acceptors (Lipinski definition) is 3. The van der Waals surface area contributed by atoms with Crippen LogP contribution in [0.4, 0.5) is 5.82 Å². The van der Waals surface area contributed by atoms with Crippen molar-refractivity contribution in [2.24, 2.45) is 17.8 Å². The van der Waals surface area contributed by atoms with E-state index in [4.69, 9.17) is 4.42 Å². The largest absolute Gasteiger partial charge is 0.464 e. The van der Waals surface area contributed by atoms with Crippen LogP contribution < -0.4 is 5.32 Å². The van der Waals surface area contributed by atoms with Gasteiger partial charge in [-0.1, -0.05) is 6.42 Å². The van der Waals surface area contributed by atoms with Gasteiger partial charge in [0.25, 0.3) is 0 Å². The van der Waals surface area contributed by atoms with Gasteiger partial charge in [0.15, 0.2) is 0 Å². The molecule has 2 aromatic rings. The maximum absolute atomic E-state index is 5.43. The second kappa shape index (κ2) is 4.26. The summed E-state index contributed by atoms with van der Waals surface area (Å²) >= 11 is 0. The molecule has 4 unspecified atom stereocenters. The lowest BCUT2D eigenvalue weighted by molar-refractivity contribution is 0.304. The smallest absolute Gasteiger partial charge is 0.139 e. The molecule has 2 aromatic heterocycles. The van der Waals surface area contributed by atoms with Crippen molar-refractivity contribution in [2.75, 3.05) is 5.32 Å². The van der Waals surface area contributed by atoms with E-state index >= 15 is 0 Å². The topological polar surface area (TPSA) is 38.1 Å². The molecular formula is C16H20N2O. The monoisotopic (exact) mass is 256 g/mol. The Morgan fingerprint density at radius 2 is 2.26 bits per heavy atom. The normalized spacial score (nSPS) is 30.9. The van der Waals surface area contributed by atoms with E-state index in [0.29, 0.717) is 6.04 Å². The number of nitrogens with one attached hydrogen (secondary N) is 1. The van der Waals surface area contributed by atoms with Gasteiger partial charge < -0.3 is 9.73 Å². The Labute approximate surface area is 113 Å². The van der Waals surface area contributed by atoms with Crippen LogP contribution in [0.25, 0.3) is 11.0 Å². The summed E-state index contributed by atoms with van der Waals surface area (Å²) in [4.78, 5) is 4.48. The van der Waals surface area contributed by atoms with Crippen molar-refractivity contribution in [3.63, 3.8) is 0 Å². The summed E-state index contributed by atoms with van der Waals surface area (Å²) in [6.07, 6.45) is 9.32. The van der Waals surface area contributed by atoms with Crippen LogP contribution in [0, 0.1) is 17.8 Å². The SMILES string of the molecule is CC(Nc1nccc2occc12)C1CC2CCC1C2. The molecule has 100 valence electrons. The molecule has 1 N–H and O–H groups in total. The van der Waals surface area contributed by atoms with Crippen LogP contribution in [-0.2, 0) is 0 Å². The van der Waals surface area contributed by atoms with Gasteiger partial charge >= 0.3 is 0 Å². The molecule has 0 amide bonds. The molecule has 4 rings (SSSR count). The molecule has 0 radical (unpaired) electrons. The molecule has 2 saturated carbocycles. The van der Waals surface area contributed by atoms with Crippen molar-refractivity contribution in [2.45, 2.75) is 38.6 Å². The standard InChI is InChI=1S/C16H20N2O/c1-10(14-9-11-2-3-12(14)8-11)18-16-13-5-7-19-15(13)4-6-17-16/h4-7,10-12,14H,2-3,8-9H2,1H3,(H,17,18). The maximum Gasteiger partial charge on any atom is 0.139 e. The van der Waals surface area contributed by atoms with E-state index in [1.54, 1.807) is 6.26 Å². The molecule has 0 saturated heterocycles. The zero-order valence-corrected chi connectivity index (χ0v) is 11.3. The summed E-state index contributed by atoms with van der Waals surface area (Å²) in [5, 5.41) is 4.72. The lowest BCUT2D eigenvalue weighted by Crippen LogP contribution is -2.30. The summed E-state index contributed by atoms with van der Waals surface area (Å²) in [6, 6.07) is 4.42. The average molecular weight is 256 g/mol. The van der Waals surface area contributed by atoms with E-state index in [1.165, 1.54) is 25.7 Å². The number of aromatic nitrogens is 1. The minimum absolute atomic E-state index is 0.503. The number of anilines is 1. The van der Waals surface area contributed by atoms with Gasteiger partial charge in [-0.15, -0.1) is 0 Å². The van der Waals surface area contributed by atoms with Crippen LogP contribution in [0.1, 0.15) is 32.6 Å². The average Bonchev–Trinajstić information content (AvgIpc) is 3.14. The van der Waals surface area contributed by atoms with E-state index in [-0.39, 0.29) is 0 Å². The fraction of sp³-hybridized carbons (Fsp3) is 0.562. The quantitative estimate of drug-likeness (QED) is 0.899. The van der Waals surface area contributed by atoms with Gasteiger partial charge in [-0.2, -0.15) is 0 Å². The highest BCUT2D eigenvalue weighted by molar-refractivity contribution is 5.87. The first-order chi connectivity index (χ1) is 9.31. The van der Waals surface area contributed by atoms with Crippen molar-refractivity contribution in [1.29, 1.82) is 0 Å². The van der Waals surface area contributed by atoms with E-state index in [9.17, 15) is 0 Å². The molecule has 19 heavy (non-hydrogen) atoms. The van der Waals surface area contributed by atoms with E-state index in [0.717, 1.165) is 34.5 Å². The summed E-state index contributed by atoms with van der Waals surface area (Å²) in [5.41, 5.74) is 0.914. The van der Waals surface area contributed by atoms with Crippen LogP contribution in [0.3, 0.4) is 0 Å². The molecule has 3 nitrogen and oxygen atoms in total. The third-order valence-corrected chi connectivity index (χ3v) is 5.18. The molecule has 2 aliphatic rings. The minimum atomic E-state index is 0.503. The third kappa shape index (κ3) is 1.83. The predicted octanol–water partition coefficient (Wildman–Crippen LogP) is 4.06. The molecule has 2 fully saturated rings. The van der Waals surface area contributed by atoms with Gasteiger partial charge in [0, 0.05) is 12.2 Å². The Morgan fingerprint density at radius 3 is 3.05 bits per heavy atom. The predicted molar refractivity (Wildman–Crippen MR) is 76.0 cm³/mol. The Kier molecular flexibility index (Phi) is 2.54. The van der Waals surface area contributed by atoms with Crippen LogP contribution in [0.5, 0.6) is 0 Å². The number of pyridine rings is 1. The molecule has 2 heterocycles. The molecule has 4 atom stereocenters. The Hall–Kier alpha value is -1.51. The molecule has 3 heteroatoms. The van der Waals surface area contributed by atoms with Gasteiger partial charge in [-0.05, 0) is 56.1 Å². The van der Waals surface area contributed by atoms with Gasteiger partial charge in [-0.3, -0.25) is 0 Å². The lowest BCUT2D eigenvalue weighted by atomic mass is 9.84. The molecule has 2 aliphatic carbocycles. The molecule has 0 aromatic carbocycles. The zero-order chi connectivity index (χ0) is 12.8. The second-order valence-electron chi connectivity index (χ2n) is 6.26. The number of hydrogen-bond donors (Lipinski definition) is 1. The van der Waals surface area contributed by atoms with E-state index in [2.05, 4.69) is 17.2 Å². The maximum atomic E-state index is 5.43. The van der Waals surface area contributed by atoms with Crippen molar-refractivity contribution >= 4 is 16.8 Å². The van der Waals surface area contributed by atoms with Crippen molar-refractivity contribution in [3.8, 4) is 0 Å². The highest BCUT2D eigenvalue weighted by Gasteiger charge is 2.41. The van der Waals surface area contributed by atoms with Crippen molar-refractivity contribution in [3.05, 3.63) is 24.6 Å². The molecular weight excluding hydrogens is 236 g/mol. The third-order valence-electron chi connectivity index (χ3n) is 5.18. The summed E-state index contributed by atoms with van der Waals surface area (Å²) in [5.74, 6) is 3.73. The first-order valence-corrected chi connectivity index (χ1v) is 7.40. The van der Waals surface area contributed by atoms with Crippen LogP contribution >= 0.6 is 0 Å². The number of rotatable bonds is 3. The summed E-state index contributed by atoms with van der Waals surface area (Å²) in [7, 11) is 0. The van der Waals surface area contributed by atoms with Crippen LogP contribution in [-0.4, -0.2) is 11.0 Å².